The quantitative estimate of drug-likeness (QED) is 0.333. The van der Waals surface area contributed by atoms with Crippen LogP contribution in [0.5, 0.6) is 0 Å². The fourth-order valence-corrected chi connectivity index (χ4v) is 6.04. The lowest BCUT2D eigenvalue weighted by Crippen LogP contribution is -2.37. The molecule has 0 spiro atoms. The van der Waals surface area contributed by atoms with Crippen molar-refractivity contribution in [3.05, 3.63) is 101 Å². The molecule has 0 bridgehead atoms. The maximum atomic E-state index is 13.4. The van der Waals surface area contributed by atoms with Gasteiger partial charge in [-0.3, -0.25) is 14.6 Å². The van der Waals surface area contributed by atoms with Crippen molar-refractivity contribution in [2.75, 3.05) is 0 Å². The number of amides is 2. The molecule has 3 aromatic rings. The van der Waals surface area contributed by atoms with Crippen LogP contribution in [0, 0.1) is 28.5 Å². The topological polar surface area (TPSA) is 134 Å². The summed E-state index contributed by atoms with van der Waals surface area (Å²) >= 11 is 0. The zero-order valence-electron chi connectivity index (χ0n) is 22.2. The van der Waals surface area contributed by atoms with Crippen LogP contribution in [0.15, 0.2) is 83.6 Å². The lowest BCUT2D eigenvalue weighted by Gasteiger charge is -2.40. The molecule has 1 heterocycles. The van der Waals surface area contributed by atoms with Gasteiger partial charge in [-0.1, -0.05) is 42.8 Å². The van der Waals surface area contributed by atoms with Crippen LogP contribution in [0.4, 0.5) is 10.1 Å². The van der Waals surface area contributed by atoms with Gasteiger partial charge in [-0.2, -0.15) is 0 Å². The molecule has 4 atom stereocenters. The van der Waals surface area contributed by atoms with Gasteiger partial charge in [-0.25, -0.2) is 14.4 Å². The predicted molar refractivity (Wildman–Crippen MR) is 151 cm³/mol. The Morgan fingerprint density at radius 2 is 1.85 bits per heavy atom. The standard InChI is InChI=1S/C31H31FN6O2/c1-31-17-20(18-33)26(37-24-11-9-23(32)10-12-24)16-22(31)8-7-21(31)15-25(19-5-3-2-4-6-19)38-30(40)28-27(29(34)39)35-13-14-36-28/h2-6,9-14,16,18,20-21,25,33H,7-8,15,17H2,1H3,(H2,34,39)(H,38,40). The molecular weight excluding hydrogens is 507 g/mol. The Morgan fingerprint density at radius 3 is 2.52 bits per heavy atom. The van der Waals surface area contributed by atoms with Crippen LogP contribution < -0.4 is 11.1 Å². The maximum Gasteiger partial charge on any atom is 0.272 e. The number of nitrogens with zero attached hydrogens (tertiary/aromatic N) is 3. The summed E-state index contributed by atoms with van der Waals surface area (Å²) < 4.78 is 13.4. The van der Waals surface area contributed by atoms with Crippen LogP contribution in [0.3, 0.4) is 0 Å². The van der Waals surface area contributed by atoms with Gasteiger partial charge >= 0.3 is 0 Å². The molecule has 2 aromatic carbocycles. The number of rotatable bonds is 8. The van der Waals surface area contributed by atoms with Crippen molar-refractivity contribution in [3.8, 4) is 0 Å². The minimum atomic E-state index is -0.814. The van der Waals surface area contributed by atoms with Gasteiger partial charge in [0.05, 0.1) is 11.7 Å². The molecule has 8 nitrogen and oxygen atoms in total. The lowest BCUT2D eigenvalue weighted by molar-refractivity contribution is 0.0902. The molecule has 4 N–H and O–H groups in total. The number of aliphatic imine (C=N–C) groups is 1. The molecule has 2 aliphatic carbocycles. The zero-order valence-corrected chi connectivity index (χ0v) is 22.2. The van der Waals surface area contributed by atoms with Crippen LogP contribution in [0.25, 0.3) is 0 Å². The van der Waals surface area contributed by atoms with Gasteiger partial charge in [0.1, 0.15) is 5.82 Å². The van der Waals surface area contributed by atoms with Gasteiger partial charge < -0.3 is 16.5 Å². The molecule has 1 aromatic heterocycles. The second-order valence-corrected chi connectivity index (χ2v) is 10.6. The molecule has 1 fully saturated rings. The number of fused-ring (bicyclic) bond motifs is 1. The highest BCUT2D eigenvalue weighted by Gasteiger charge is 2.47. The Labute approximate surface area is 232 Å². The number of aromatic nitrogens is 2. The second-order valence-electron chi connectivity index (χ2n) is 10.6. The summed E-state index contributed by atoms with van der Waals surface area (Å²) in [6.07, 6.45) is 9.42. The largest absolute Gasteiger partial charge is 0.364 e. The van der Waals surface area contributed by atoms with Gasteiger partial charge in [-0.15, -0.1) is 0 Å². The van der Waals surface area contributed by atoms with Crippen LogP contribution in [-0.2, 0) is 0 Å². The minimum absolute atomic E-state index is 0.0997. The summed E-state index contributed by atoms with van der Waals surface area (Å²) in [6, 6.07) is 15.4. The Hall–Kier alpha value is -4.53. The van der Waals surface area contributed by atoms with Crippen molar-refractivity contribution in [1.82, 2.24) is 15.3 Å². The fourth-order valence-electron chi connectivity index (χ4n) is 6.04. The smallest absolute Gasteiger partial charge is 0.272 e. The van der Waals surface area contributed by atoms with Crippen molar-refractivity contribution in [3.63, 3.8) is 0 Å². The van der Waals surface area contributed by atoms with E-state index in [9.17, 15) is 14.0 Å². The minimum Gasteiger partial charge on any atom is -0.364 e. The number of hydrogen-bond donors (Lipinski definition) is 3. The predicted octanol–water partition coefficient (Wildman–Crippen LogP) is 5.36. The first-order valence-corrected chi connectivity index (χ1v) is 13.3. The SMILES string of the molecule is CC12CC(C=N)C(=Nc3ccc(F)cc3)C=C1CCC2CC(NC(=O)c1nccnc1C(N)=O)c1ccccc1. The number of carbonyl (C=O) groups is 2. The highest BCUT2D eigenvalue weighted by atomic mass is 19.1. The first-order valence-electron chi connectivity index (χ1n) is 13.3. The summed E-state index contributed by atoms with van der Waals surface area (Å²) in [5, 5.41) is 11.2. The zero-order chi connectivity index (χ0) is 28.3. The Balaban J connectivity index is 1.43. The number of nitrogens with one attached hydrogen (secondary N) is 2. The number of hydrogen-bond acceptors (Lipinski definition) is 6. The maximum absolute atomic E-state index is 13.4. The number of benzene rings is 2. The molecule has 0 radical (unpaired) electrons. The van der Waals surface area contributed by atoms with E-state index < -0.39 is 11.8 Å². The van der Waals surface area contributed by atoms with Gasteiger partial charge in [0.15, 0.2) is 11.4 Å². The molecule has 0 aliphatic heterocycles. The Morgan fingerprint density at radius 1 is 1.15 bits per heavy atom. The molecule has 5 rings (SSSR count). The molecular formula is C31H31FN6O2. The van der Waals surface area contributed by atoms with E-state index in [4.69, 9.17) is 16.1 Å². The summed E-state index contributed by atoms with van der Waals surface area (Å²) in [7, 11) is 0. The number of allylic oxidation sites excluding steroid dienone is 2. The van der Waals surface area contributed by atoms with Crippen LogP contribution in [-0.4, -0.2) is 33.7 Å². The number of carbonyl (C=O) groups excluding carboxylic acids is 2. The molecule has 2 aliphatic rings. The van der Waals surface area contributed by atoms with E-state index in [-0.39, 0.29) is 40.5 Å². The third-order valence-electron chi connectivity index (χ3n) is 8.20. The molecule has 2 amide bonds. The summed E-state index contributed by atoms with van der Waals surface area (Å²) in [5.41, 5.74) is 8.67. The molecule has 9 heteroatoms. The number of nitrogens with two attached hydrogens (primary N) is 1. The highest BCUT2D eigenvalue weighted by Crippen LogP contribution is 2.56. The third-order valence-corrected chi connectivity index (χ3v) is 8.20. The van der Waals surface area contributed by atoms with Crippen LogP contribution in [0.2, 0.25) is 0 Å². The first kappa shape index (κ1) is 27.1. The Kier molecular flexibility index (Phi) is 7.64. The van der Waals surface area contributed by atoms with Crippen molar-refractivity contribution in [2.24, 2.45) is 28.0 Å². The van der Waals surface area contributed by atoms with Gasteiger partial charge in [0.25, 0.3) is 11.8 Å². The van der Waals surface area contributed by atoms with E-state index in [1.807, 2.05) is 30.3 Å². The van der Waals surface area contributed by atoms with Crippen LogP contribution >= 0.6 is 0 Å². The molecule has 204 valence electrons. The van der Waals surface area contributed by atoms with Crippen molar-refractivity contribution in [2.45, 2.75) is 38.6 Å². The fraction of sp³-hybridized carbons (Fsp3) is 0.290. The molecule has 40 heavy (non-hydrogen) atoms. The van der Waals surface area contributed by atoms with E-state index in [1.54, 1.807) is 12.1 Å². The van der Waals surface area contributed by atoms with E-state index in [1.165, 1.54) is 36.3 Å². The van der Waals surface area contributed by atoms with Crippen molar-refractivity contribution < 1.29 is 14.0 Å². The first-order chi connectivity index (χ1) is 19.3. The van der Waals surface area contributed by atoms with Gasteiger partial charge in [0.2, 0.25) is 0 Å². The average Bonchev–Trinajstić information content (AvgIpc) is 3.28. The summed E-state index contributed by atoms with van der Waals surface area (Å²) in [6.45, 7) is 2.24. The van der Waals surface area contributed by atoms with E-state index in [0.717, 1.165) is 30.5 Å². The van der Waals surface area contributed by atoms with E-state index in [0.29, 0.717) is 12.1 Å². The summed E-state index contributed by atoms with van der Waals surface area (Å²) in [5.74, 6) is -1.60. The number of halogens is 1. The monoisotopic (exact) mass is 538 g/mol. The second kappa shape index (κ2) is 11.3. The van der Waals surface area contributed by atoms with E-state index in [2.05, 4.69) is 28.3 Å². The highest BCUT2D eigenvalue weighted by molar-refractivity contribution is 6.08. The normalized spacial score (nSPS) is 23.6. The molecule has 0 saturated heterocycles. The van der Waals surface area contributed by atoms with Crippen LogP contribution in [0.1, 0.15) is 65.2 Å². The lowest BCUT2D eigenvalue weighted by atomic mass is 9.65. The molecule has 4 unspecified atom stereocenters. The van der Waals surface area contributed by atoms with E-state index >= 15 is 0 Å². The van der Waals surface area contributed by atoms with Crippen molar-refractivity contribution >= 4 is 29.4 Å². The van der Waals surface area contributed by atoms with Gasteiger partial charge in [0, 0.05) is 30.2 Å². The Bertz CT molecular complexity index is 1490. The third kappa shape index (κ3) is 5.45. The summed E-state index contributed by atoms with van der Waals surface area (Å²) in [4.78, 5) is 38.0. The average molecular weight is 539 g/mol. The molecule has 1 saturated carbocycles. The van der Waals surface area contributed by atoms with Crippen molar-refractivity contribution in [1.29, 1.82) is 5.41 Å². The van der Waals surface area contributed by atoms with Gasteiger partial charge in [-0.05, 0) is 72.9 Å². The number of primary amides is 1.